The number of nitrogens with zero attached hydrogens (tertiary/aromatic N) is 2. The van der Waals surface area contributed by atoms with Crippen LogP contribution in [-0.2, 0) is 6.54 Å². The third-order valence-corrected chi connectivity index (χ3v) is 3.85. The van der Waals surface area contributed by atoms with Gasteiger partial charge in [0.1, 0.15) is 23.5 Å². The normalized spacial score (nSPS) is 10.2. The van der Waals surface area contributed by atoms with E-state index in [1.807, 2.05) is 42.5 Å². The quantitative estimate of drug-likeness (QED) is 0.600. The number of benzene rings is 2. The molecular formula is C19H21N5O2. The summed E-state index contributed by atoms with van der Waals surface area (Å²) in [5, 5.41) is 6.42. The smallest absolute Gasteiger partial charge is 0.159 e. The van der Waals surface area contributed by atoms with Crippen molar-refractivity contribution in [1.29, 1.82) is 0 Å². The van der Waals surface area contributed by atoms with Gasteiger partial charge in [0.05, 0.1) is 19.9 Å². The molecule has 3 rings (SSSR count). The number of methoxy groups -OCH3 is 2. The van der Waals surface area contributed by atoms with Crippen molar-refractivity contribution in [2.45, 2.75) is 6.54 Å². The molecule has 7 nitrogen and oxygen atoms in total. The SMILES string of the molecule is COc1ccc(Nc2ncnc(NCc3ccccc3)c2N)c(OC)c1. The first kappa shape index (κ1) is 17.3. The van der Waals surface area contributed by atoms with Gasteiger partial charge in [-0.3, -0.25) is 0 Å². The van der Waals surface area contributed by atoms with E-state index in [0.29, 0.717) is 35.4 Å². The average Bonchev–Trinajstić information content (AvgIpc) is 2.69. The molecule has 0 saturated carbocycles. The lowest BCUT2D eigenvalue weighted by Crippen LogP contribution is -2.08. The summed E-state index contributed by atoms with van der Waals surface area (Å²) in [4.78, 5) is 8.46. The predicted molar refractivity (Wildman–Crippen MR) is 103 cm³/mol. The highest BCUT2D eigenvalue weighted by molar-refractivity contribution is 5.79. The van der Waals surface area contributed by atoms with Crippen LogP contribution in [0.5, 0.6) is 11.5 Å². The largest absolute Gasteiger partial charge is 0.497 e. The molecule has 0 aliphatic heterocycles. The minimum absolute atomic E-state index is 0.432. The van der Waals surface area contributed by atoms with Crippen LogP contribution in [-0.4, -0.2) is 24.2 Å². The summed E-state index contributed by atoms with van der Waals surface area (Å²) in [6, 6.07) is 15.5. The van der Waals surface area contributed by atoms with Crippen molar-refractivity contribution >= 4 is 23.0 Å². The van der Waals surface area contributed by atoms with Crippen molar-refractivity contribution in [3.8, 4) is 11.5 Å². The van der Waals surface area contributed by atoms with E-state index in [1.54, 1.807) is 20.3 Å². The predicted octanol–water partition coefficient (Wildman–Crippen LogP) is 3.43. The number of aromatic nitrogens is 2. The number of nitrogens with one attached hydrogen (secondary N) is 2. The molecule has 2 aromatic carbocycles. The lowest BCUT2D eigenvalue weighted by molar-refractivity contribution is 0.395. The fraction of sp³-hybridized carbons (Fsp3) is 0.158. The fourth-order valence-electron chi connectivity index (χ4n) is 2.45. The zero-order valence-corrected chi connectivity index (χ0v) is 14.7. The second-order valence-corrected chi connectivity index (χ2v) is 5.51. The van der Waals surface area contributed by atoms with Crippen LogP contribution in [0.25, 0.3) is 0 Å². The summed E-state index contributed by atoms with van der Waals surface area (Å²) >= 11 is 0. The molecule has 0 amide bonds. The molecule has 0 radical (unpaired) electrons. The van der Waals surface area contributed by atoms with E-state index in [-0.39, 0.29) is 0 Å². The van der Waals surface area contributed by atoms with E-state index in [2.05, 4.69) is 20.6 Å². The van der Waals surface area contributed by atoms with E-state index in [0.717, 1.165) is 11.3 Å². The van der Waals surface area contributed by atoms with Gasteiger partial charge in [0, 0.05) is 12.6 Å². The highest BCUT2D eigenvalue weighted by Gasteiger charge is 2.11. The molecule has 4 N–H and O–H groups in total. The van der Waals surface area contributed by atoms with Gasteiger partial charge in [-0.05, 0) is 17.7 Å². The molecule has 0 saturated heterocycles. The zero-order valence-electron chi connectivity index (χ0n) is 14.7. The lowest BCUT2D eigenvalue weighted by atomic mass is 10.2. The van der Waals surface area contributed by atoms with Crippen LogP contribution in [0.2, 0.25) is 0 Å². The maximum absolute atomic E-state index is 6.23. The Morgan fingerprint density at radius 2 is 1.73 bits per heavy atom. The third kappa shape index (κ3) is 3.94. The Bertz CT molecular complexity index is 871. The van der Waals surface area contributed by atoms with Crippen molar-refractivity contribution in [2.75, 3.05) is 30.6 Å². The lowest BCUT2D eigenvalue weighted by Gasteiger charge is -2.15. The highest BCUT2D eigenvalue weighted by Crippen LogP contribution is 2.33. The standard InChI is InChI=1S/C19H21N5O2/c1-25-14-8-9-15(16(10-14)26-2)24-19-17(20)18(22-12-23-19)21-11-13-6-4-3-5-7-13/h3-10,12H,11,20H2,1-2H3,(H2,21,22,23,24). The Balaban J connectivity index is 1.79. The molecule has 0 atom stereocenters. The third-order valence-electron chi connectivity index (χ3n) is 3.85. The van der Waals surface area contributed by atoms with Crippen LogP contribution >= 0.6 is 0 Å². The topological polar surface area (TPSA) is 94.3 Å². The summed E-state index contributed by atoms with van der Waals surface area (Å²) in [5.74, 6) is 2.40. The van der Waals surface area contributed by atoms with Gasteiger partial charge in [0.25, 0.3) is 0 Å². The van der Waals surface area contributed by atoms with Gasteiger partial charge in [-0.15, -0.1) is 0 Å². The van der Waals surface area contributed by atoms with Crippen molar-refractivity contribution in [3.63, 3.8) is 0 Å². The number of nitrogen functional groups attached to an aromatic ring is 1. The minimum Gasteiger partial charge on any atom is -0.497 e. The molecule has 1 heterocycles. The second-order valence-electron chi connectivity index (χ2n) is 5.51. The van der Waals surface area contributed by atoms with Crippen molar-refractivity contribution in [2.24, 2.45) is 0 Å². The number of hydrogen-bond donors (Lipinski definition) is 3. The molecular weight excluding hydrogens is 330 g/mol. The van der Waals surface area contributed by atoms with Crippen LogP contribution < -0.4 is 25.8 Å². The molecule has 0 aliphatic rings. The molecule has 0 fully saturated rings. The van der Waals surface area contributed by atoms with E-state index in [9.17, 15) is 0 Å². The van der Waals surface area contributed by atoms with Gasteiger partial charge < -0.3 is 25.8 Å². The number of rotatable bonds is 7. The van der Waals surface area contributed by atoms with E-state index in [4.69, 9.17) is 15.2 Å². The van der Waals surface area contributed by atoms with E-state index in [1.165, 1.54) is 6.33 Å². The van der Waals surface area contributed by atoms with Gasteiger partial charge in [0.2, 0.25) is 0 Å². The van der Waals surface area contributed by atoms with Crippen molar-refractivity contribution in [3.05, 3.63) is 60.4 Å². The Labute approximate surface area is 152 Å². The van der Waals surface area contributed by atoms with E-state index < -0.39 is 0 Å². The van der Waals surface area contributed by atoms with Crippen molar-refractivity contribution in [1.82, 2.24) is 9.97 Å². The molecule has 0 bridgehead atoms. The van der Waals surface area contributed by atoms with Gasteiger partial charge in [-0.1, -0.05) is 30.3 Å². The first-order valence-corrected chi connectivity index (χ1v) is 8.08. The van der Waals surface area contributed by atoms with Gasteiger partial charge in [-0.2, -0.15) is 0 Å². The Morgan fingerprint density at radius 1 is 0.962 bits per heavy atom. The first-order valence-electron chi connectivity index (χ1n) is 8.08. The molecule has 7 heteroatoms. The molecule has 3 aromatic rings. The van der Waals surface area contributed by atoms with Gasteiger partial charge >= 0.3 is 0 Å². The minimum atomic E-state index is 0.432. The molecule has 1 aromatic heterocycles. The monoisotopic (exact) mass is 351 g/mol. The highest BCUT2D eigenvalue weighted by atomic mass is 16.5. The number of ether oxygens (including phenoxy) is 2. The summed E-state index contributed by atoms with van der Waals surface area (Å²) < 4.78 is 10.6. The Morgan fingerprint density at radius 3 is 2.46 bits per heavy atom. The van der Waals surface area contributed by atoms with Crippen LogP contribution in [0.15, 0.2) is 54.9 Å². The van der Waals surface area contributed by atoms with Crippen LogP contribution in [0.3, 0.4) is 0 Å². The maximum Gasteiger partial charge on any atom is 0.159 e. The molecule has 0 aliphatic carbocycles. The molecule has 0 spiro atoms. The van der Waals surface area contributed by atoms with Crippen molar-refractivity contribution < 1.29 is 9.47 Å². The Hall–Kier alpha value is -3.48. The van der Waals surface area contributed by atoms with Crippen LogP contribution in [0.1, 0.15) is 5.56 Å². The molecule has 26 heavy (non-hydrogen) atoms. The summed E-state index contributed by atoms with van der Waals surface area (Å²) in [6.45, 7) is 0.618. The maximum atomic E-state index is 6.23. The number of anilines is 4. The molecule has 134 valence electrons. The number of nitrogens with two attached hydrogens (primary N) is 1. The number of hydrogen-bond acceptors (Lipinski definition) is 7. The molecule has 0 unspecified atom stereocenters. The van der Waals surface area contributed by atoms with Crippen LogP contribution in [0.4, 0.5) is 23.0 Å². The second kappa shape index (κ2) is 8.06. The first-order chi connectivity index (χ1) is 12.7. The average molecular weight is 351 g/mol. The summed E-state index contributed by atoms with van der Waals surface area (Å²) in [7, 11) is 3.20. The summed E-state index contributed by atoms with van der Waals surface area (Å²) in [5.41, 5.74) is 8.52. The van der Waals surface area contributed by atoms with Gasteiger partial charge in [-0.25, -0.2) is 9.97 Å². The zero-order chi connectivity index (χ0) is 18.4. The Kier molecular flexibility index (Phi) is 5.38. The van der Waals surface area contributed by atoms with Gasteiger partial charge in [0.15, 0.2) is 11.6 Å². The van der Waals surface area contributed by atoms with E-state index >= 15 is 0 Å². The fourth-order valence-corrected chi connectivity index (χ4v) is 2.45. The van der Waals surface area contributed by atoms with Crippen LogP contribution in [0, 0.1) is 0 Å². The summed E-state index contributed by atoms with van der Waals surface area (Å²) in [6.07, 6.45) is 1.46.